The van der Waals surface area contributed by atoms with E-state index in [4.69, 9.17) is 0 Å². The maximum Gasteiger partial charge on any atom is 0.0308 e. The molecule has 0 aromatic heterocycles. The number of piperazine rings is 1. The van der Waals surface area contributed by atoms with Crippen LogP contribution in [0.4, 0.5) is 0 Å². The standard InChI is InChI=1S/C13H27N3/c1-4-16-9-5-6-12(13(16,2)3)15-10-7-14-8-11-15/h12,14H,4-11H2,1-3H3. The average molecular weight is 225 g/mol. The normalized spacial score (nSPS) is 32.8. The molecule has 94 valence electrons. The second kappa shape index (κ2) is 5.03. The Kier molecular flexibility index (Phi) is 3.88. The number of hydrogen-bond acceptors (Lipinski definition) is 3. The van der Waals surface area contributed by atoms with E-state index in [1.807, 2.05) is 0 Å². The molecule has 0 aromatic carbocycles. The number of likely N-dealkylation sites (N-methyl/N-ethyl adjacent to an activating group) is 1. The van der Waals surface area contributed by atoms with Crippen LogP contribution in [-0.4, -0.2) is 60.6 Å². The van der Waals surface area contributed by atoms with Crippen molar-refractivity contribution in [2.75, 3.05) is 39.3 Å². The van der Waals surface area contributed by atoms with Gasteiger partial charge in [0, 0.05) is 37.8 Å². The molecular weight excluding hydrogens is 198 g/mol. The van der Waals surface area contributed by atoms with E-state index in [2.05, 4.69) is 35.9 Å². The first-order valence-corrected chi connectivity index (χ1v) is 6.86. The third-order valence-corrected chi connectivity index (χ3v) is 4.51. The van der Waals surface area contributed by atoms with Gasteiger partial charge in [-0.3, -0.25) is 9.80 Å². The molecule has 1 atom stereocenters. The molecule has 0 amide bonds. The first kappa shape index (κ1) is 12.3. The largest absolute Gasteiger partial charge is 0.314 e. The van der Waals surface area contributed by atoms with Crippen molar-refractivity contribution in [3.05, 3.63) is 0 Å². The highest BCUT2D eigenvalue weighted by Crippen LogP contribution is 2.31. The summed E-state index contributed by atoms with van der Waals surface area (Å²) in [4.78, 5) is 5.36. The first-order valence-electron chi connectivity index (χ1n) is 6.86. The molecule has 0 saturated carbocycles. The van der Waals surface area contributed by atoms with E-state index < -0.39 is 0 Å². The number of hydrogen-bond donors (Lipinski definition) is 1. The van der Waals surface area contributed by atoms with Gasteiger partial charge in [0.15, 0.2) is 0 Å². The monoisotopic (exact) mass is 225 g/mol. The lowest BCUT2D eigenvalue weighted by atomic mass is 9.83. The lowest BCUT2D eigenvalue weighted by Crippen LogP contribution is -2.64. The van der Waals surface area contributed by atoms with Gasteiger partial charge < -0.3 is 5.32 Å². The minimum absolute atomic E-state index is 0.352. The lowest BCUT2D eigenvalue weighted by molar-refractivity contribution is -0.0173. The van der Waals surface area contributed by atoms with E-state index >= 15 is 0 Å². The van der Waals surface area contributed by atoms with E-state index in [0.29, 0.717) is 5.54 Å². The number of nitrogens with zero attached hydrogens (tertiary/aromatic N) is 2. The highest BCUT2D eigenvalue weighted by Gasteiger charge is 2.40. The van der Waals surface area contributed by atoms with Gasteiger partial charge >= 0.3 is 0 Å². The van der Waals surface area contributed by atoms with E-state index in [-0.39, 0.29) is 0 Å². The van der Waals surface area contributed by atoms with Crippen molar-refractivity contribution in [3.63, 3.8) is 0 Å². The van der Waals surface area contributed by atoms with Crippen molar-refractivity contribution >= 4 is 0 Å². The summed E-state index contributed by atoms with van der Waals surface area (Å²) in [5.74, 6) is 0. The van der Waals surface area contributed by atoms with Crippen LogP contribution < -0.4 is 5.32 Å². The average Bonchev–Trinajstić information content (AvgIpc) is 2.29. The molecule has 0 aromatic rings. The molecule has 0 radical (unpaired) electrons. The molecular formula is C13H27N3. The maximum absolute atomic E-state index is 3.45. The summed E-state index contributed by atoms with van der Waals surface area (Å²) < 4.78 is 0. The predicted octanol–water partition coefficient (Wildman–Crippen LogP) is 1.15. The Morgan fingerprint density at radius 1 is 1.19 bits per heavy atom. The molecule has 2 rings (SSSR count). The van der Waals surface area contributed by atoms with Crippen LogP contribution in [0.1, 0.15) is 33.6 Å². The van der Waals surface area contributed by atoms with Crippen molar-refractivity contribution < 1.29 is 0 Å². The highest BCUT2D eigenvalue weighted by molar-refractivity contribution is 4.98. The maximum atomic E-state index is 3.45. The van der Waals surface area contributed by atoms with Gasteiger partial charge in [0.25, 0.3) is 0 Å². The predicted molar refractivity (Wildman–Crippen MR) is 68.8 cm³/mol. The fraction of sp³-hybridized carbons (Fsp3) is 1.00. The third-order valence-electron chi connectivity index (χ3n) is 4.51. The fourth-order valence-electron chi connectivity index (χ4n) is 3.52. The van der Waals surface area contributed by atoms with Crippen LogP contribution in [0.25, 0.3) is 0 Å². The lowest BCUT2D eigenvalue weighted by Gasteiger charge is -2.52. The van der Waals surface area contributed by atoms with Crippen LogP contribution in [0.15, 0.2) is 0 Å². The van der Waals surface area contributed by atoms with Crippen LogP contribution in [-0.2, 0) is 0 Å². The van der Waals surface area contributed by atoms with Gasteiger partial charge in [-0.15, -0.1) is 0 Å². The van der Waals surface area contributed by atoms with E-state index in [1.54, 1.807) is 0 Å². The number of likely N-dealkylation sites (tertiary alicyclic amines) is 1. The highest BCUT2D eigenvalue weighted by atomic mass is 15.3. The molecule has 1 N–H and O–H groups in total. The summed E-state index contributed by atoms with van der Waals surface area (Å²) in [6.07, 6.45) is 2.75. The molecule has 2 saturated heterocycles. The van der Waals surface area contributed by atoms with Gasteiger partial charge in [-0.1, -0.05) is 6.92 Å². The number of nitrogens with one attached hydrogen (secondary N) is 1. The molecule has 2 aliphatic rings. The Hall–Kier alpha value is -0.120. The van der Waals surface area contributed by atoms with Crippen LogP contribution in [0.5, 0.6) is 0 Å². The summed E-state index contributed by atoms with van der Waals surface area (Å²) in [6.45, 7) is 14.4. The van der Waals surface area contributed by atoms with Crippen LogP contribution in [0, 0.1) is 0 Å². The zero-order chi connectivity index (χ0) is 11.6. The summed E-state index contributed by atoms with van der Waals surface area (Å²) in [5, 5.41) is 3.45. The third kappa shape index (κ3) is 2.27. The summed E-state index contributed by atoms with van der Waals surface area (Å²) in [6, 6.07) is 0.753. The van der Waals surface area contributed by atoms with Gasteiger partial charge in [0.1, 0.15) is 0 Å². The molecule has 2 heterocycles. The van der Waals surface area contributed by atoms with E-state index in [9.17, 15) is 0 Å². The smallest absolute Gasteiger partial charge is 0.0308 e. The topological polar surface area (TPSA) is 18.5 Å². The van der Waals surface area contributed by atoms with E-state index in [0.717, 1.165) is 6.04 Å². The van der Waals surface area contributed by atoms with Crippen molar-refractivity contribution in [2.24, 2.45) is 0 Å². The minimum Gasteiger partial charge on any atom is -0.314 e. The molecule has 3 heteroatoms. The molecule has 2 aliphatic heterocycles. The molecule has 0 bridgehead atoms. The van der Waals surface area contributed by atoms with Crippen LogP contribution >= 0.6 is 0 Å². The van der Waals surface area contributed by atoms with Crippen molar-refractivity contribution in [2.45, 2.75) is 45.2 Å². The van der Waals surface area contributed by atoms with Gasteiger partial charge in [0.2, 0.25) is 0 Å². The second-order valence-electron chi connectivity index (χ2n) is 5.68. The minimum atomic E-state index is 0.352. The van der Waals surface area contributed by atoms with Gasteiger partial charge in [-0.05, 0) is 39.8 Å². The van der Waals surface area contributed by atoms with Crippen molar-refractivity contribution in [1.82, 2.24) is 15.1 Å². The van der Waals surface area contributed by atoms with Crippen molar-refractivity contribution in [3.8, 4) is 0 Å². The van der Waals surface area contributed by atoms with Gasteiger partial charge in [0.05, 0.1) is 0 Å². The fourth-order valence-corrected chi connectivity index (χ4v) is 3.52. The van der Waals surface area contributed by atoms with Crippen LogP contribution in [0.3, 0.4) is 0 Å². The van der Waals surface area contributed by atoms with E-state index in [1.165, 1.54) is 52.1 Å². The van der Waals surface area contributed by atoms with Gasteiger partial charge in [-0.25, -0.2) is 0 Å². The first-order chi connectivity index (χ1) is 7.66. The zero-order valence-electron chi connectivity index (χ0n) is 11.1. The Labute approximate surface area is 100 Å². The number of piperidine rings is 1. The van der Waals surface area contributed by atoms with Crippen molar-refractivity contribution in [1.29, 1.82) is 0 Å². The summed E-state index contributed by atoms with van der Waals surface area (Å²) in [7, 11) is 0. The molecule has 3 nitrogen and oxygen atoms in total. The number of rotatable bonds is 2. The Morgan fingerprint density at radius 3 is 2.50 bits per heavy atom. The Bertz CT molecular complexity index is 221. The summed E-state index contributed by atoms with van der Waals surface area (Å²) in [5.41, 5.74) is 0.352. The molecule has 0 spiro atoms. The van der Waals surface area contributed by atoms with Crippen LogP contribution in [0.2, 0.25) is 0 Å². The molecule has 0 aliphatic carbocycles. The van der Waals surface area contributed by atoms with Gasteiger partial charge in [-0.2, -0.15) is 0 Å². The Balaban J connectivity index is 2.06. The quantitative estimate of drug-likeness (QED) is 0.761. The summed E-state index contributed by atoms with van der Waals surface area (Å²) >= 11 is 0. The Morgan fingerprint density at radius 2 is 1.88 bits per heavy atom. The zero-order valence-corrected chi connectivity index (χ0v) is 11.1. The molecule has 2 fully saturated rings. The molecule has 16 heavy (non-hydrogen) atoms. The second-order valence-corrected chi connectivity index (χ2v) is 5.68. The SMILES string of the molecule is CCN1CCCC(N2CCNCC2)C1(C)C. The molecule has 1 unspecified atom stereocenters.